The summed E-state index contributed by atoms with van der Waals surface area (Å²) in [5.74, 6) is 0.404. The van der Waals surface area contributed by atoms with Crippen LogP contribution >= 0.6 is 0 Å². The van der Waals surface area contributed by atoms with Gasteiger partial charge in [0.2, 0.25) is 0 Å². The van der Waals surface area contributed by atoms with E-state index in [1.807, 2.05) is 11.8 Å². The molecule has 1 N–H and O–H groups in total. The third-order valence-electron chi connectivity index (χ3n) is 1.89. The lowest BCUT2D eigenvalue weighted by Gasteiger charge is -2.28. The summed E-state index contributed by atoms with van der Waals surface area (Å²) in [6.45, 7) is 8.43. The van der Waals surface area contributed by atoms with Crippen molar-refractivity contribution in [1.29, 1.82) is 5.41 Å². The molecule has 0 atom stereocenters. The summed E-state index contributed by atoms with van der Waals surface area (Å²) < 4.78 is 5.18. The van der Waals surface area contributed by atoms with Crippen LogP contribution in [-0.4, -0.2) is 43.3 Å². The molecular weight excluding hydrogens is 166 g/mol. The zero-order valence-corrected chi connectivity index (χ0v) is 7.92. The van der Waals surface area contributed by atoms with Gasteiger partial charge in [0, 0.05) is 19.3 Å². The second kappa shape index (κ2) is 4.77. The van der Waals surface area contributed by atoms with Crippen molar-refractivity contribution in [1.82, 2.24) is 4.90 Å². The van der Waals surface area contributed by atoms with E-state index >= 15 is 0 Å². The highest BCUT2D eigenvalue weighted by Crippen LogP contribution is 2.04. The first-order valence-electron chi connectivity index (χ1n) is 4.35. The Morgan fingerprint density at radius 1 is 1.54 bits per heavy atom. The van der Waals surface area contributed by atoms with Crippen LogP contribution in [0.25, 0.3) is 0 Å². The van der Waals surface area contributed by atoms with Gasteiger partial charge in [-0.25, -0.2) is 0 Å². The van der Waals surface area contributed by atoms with Crippen LogP contribution in [0.5, 0.6) is 0 Å². The van der Waals surface area contributed by atoms with E-state index in [4.69, 9.17) is 10.1 Å². The van der Waals surface area contributed by atoms with Crippen molar-refractivity contribution in [2.45, 2.75) is 6.92 Å². The zero-order valence-electron chi connectivity index (χ0n) is 7.92. The number of hydrogen-bond acceptors (Lipinski definition) is 3. The lowest BCUT2D eigenvalue weighted by atomic mass is 10.3. The maximum absolute atomic E-state index is 7.75. The average Bonchev–Trinajstić information content (AvgIpc) is 2.18. The SMILES string of the molecule is C=C(N=CC)C(=N)N1CCOCC1. The molecule has 0 aliphatic carbocycles. The molecule has 1 rings (SSSR count). The van der Waals surface area contributed by atoms with Gasteiger partial charge >= 0.3 is 0 Å². The first-order chi connectivity index (χ1) is 6.25. The van der Waals surface area contributed by atoms with Gasteiger partial charge < -0.3 is 9.64 Å². The van der Waals surface area contributed by atoms with Crippen LogP contribution in [-0.2, 0) is 4.74 Å². The van der Waals surface area contributed by atoms with E-state index in [1.165, 1.54) is 0 Å². The van der Waals surface area contributed by atoms with E-state index in [0.29, 0.717) is 24.7 Å². The van der Waals surface area contributed by atoms with Crippen LogP contribution in [0.15, 0.2) is 17.3 Å². The maximum atomic E-state index is 7.75. The second-order valence-corrected chi connectivity index (χ2v) is 2.78. The Bertz CT molecular complexity index is 229. The van der Waals surface area contributed by atoms with Crippen molar-refractivity contribution in [3.63, 3.8) is 0 Å². The molecule has 1 saturated heterocycles. The monoisotopic (exact) mass is 181 g/mol. The van der Waals surface area contributed by atoms with Gasteiger partial charge in [-0.2, -0.15) is 0 Å². The van der Waals surface area contributed by atoms with Crippen molar-refractivity contribution < 1.29 is 4.74 Å². The molecule has 0 aromatic heterocycles. The number of nitrogens with zero attached hydrogens (tertiary/aromatic N) is 2. The number of aliphatic imine (C=N–C) groups is 1. The van der Waals surface area contributed by atoms with Crippen molar-refractivity contribution in [3.8, 4) is 0 Å². The molecule has 0 amide bonds. The molecule has 0 saturated carbocycles. The van der Waals surface area contributed by atoms with Gasteiger partial charge in [-0.1, -0.05) is 6.58 Å². The molecule has 72 valence electrons. The minimum absolute atomic E-state index is 0.404. The molecule has 1 heterocycles. The van der Waals surface area contributed by atoms with Crippen LogP contribution in [0.3, 0.4) is 0 Å². The van der Waals surface area contributed by atoms with Crippen LogP contribution < -0.4 is 0 Å². The number of rotatable bonds is 2. The van der Waals surface area contributed by atoms with Gasteiger partial charge in [0.25, 0.3) is 0 Å². The van der Waals surface area contributed by atoms with Crippen molar-refractivity contribution in [3.05, 3.63) is 12.3 Å². The Balaban J connectivity index is 2.50. The van der Waals surface area contributed by atoms with Crippen molar-refractivity contribution >= 4 is 12.1 Å². The Morgan fingerprint density at radius 2 is 2.15 bits per heavy atom. The highest BCUT2D eigenvalue weighted by Gasteiger charge is 2.14. The van der Waals surface area contributed by atoms with E-state index in [0.717, 1.165) is 13.1 Å². The van der Waals surface area contributed by atoms with Gasteiger partial charge in [-0.05, 0) is 6.92 Å². The number of amidine groups is 1. The summed E-state index contributed by atoms with van der Waals surface area (Å²) in [5.41, 5.74) is 0.518. The fourth-order valence-corrected chi connectivity index (χ4v) is 1.19. The fraction of sp³-hybridized carbons (Fsp3) is 0.556. The second-order valence-electron chi connectivity index (χ2n) is 2.78. The topological polar surface area (TPSA) is 48.7 Å². The quantitative estimate of drug-likeness (QED) is 0.508. The molecule has 0 radical (unpaired) electrons. The standard InChI is InChI=1S/C9H15N3O/c1-3-11-8(2)9(10)12-4-6-13-7-5-12/h3,10H,2,4-7H2,1H3. The van der Waals surface area contributed by atoms with E-state index in [9.17, 15) is 0 Å². The van der Waals surface area contributed by atoms with Gasteiger partial charge in [0.1, 0.15) is 5.84 Å². The molecule has 1 aliphatic heterocycles. The number of hydrogen-bond donors (Lipinski definition) is 1. The first-order valence-corrected chi connectivity index (χ1v) is 4.35. The molecule has 1 fully saturated rings. The molecule has 4 nitrogen and oxygen atoms in total. The highest BCUT2D eigenvalue weighted by molar-refractivity contribution is 5.96. The van der Waals surface area contributed by atoms with E-state index in [2.05, 4.69) is 11.6 Å². The minimum Gasteiger partial charge on any atom is -0.378 e. The van der Waals surface area contributed by atoms with Crippen molar-refractivity contribution in [2.24, 2.45) is 4.99 Å². The number of ether oxygens (including phenoxy) is 1. The van der Waals surface area contributed by atoms with Gasteiger partial charge in [-0.3, -0.25) is 10.4 Å². The minimum atomic E-state index is 0.404. The molecule has 0 unspecified atom stereocenters. The largest absolute Gasteiger partial charge is 0.378 e. The van der Waals surface area contributed by atoms with Crippen LogP contribution in [0.2, 0.25) is 0 Å². The molecule has 13 heavy (non-hydrogen) atoms. The molecular formula is C9H15N3O. The van der Waals surface area contributed by atoms with Gasteiger partial charge in [0.05, 0.1) is 18.9 Å². The van der Waals surface area contributed by atoms with E-state index in [1.54, 1.807) is 6.21 Å². The molecule has 1 aliphatic rings. The lowest BCUT2D eigenvalue weighted by molar-refractivity contribution is 0.0679. The average molecular weight is 181 g/mol. The van der Waals surface area contributed by atoms with Gasteiger partial charge in [-0.15, -0.1) is 0 Å². The Kier molecular flexibility index (Phi) is 3.64. The van der Waals surface area contributed by atoms with Crippen LogP contribution in [0.4, 0.5) is 0 Å². The first kappa shape index (κ1) is 9.92. The molecule has 0 aromatic carbocycles. The summed E-state index contributed by atoms with van der Waals surface area (Å²) in [7, 11) is 0. The Hall–Kier alpha value is -1.16. The normalized spacial score (nSPS) is 17.8. The summed E-state index contributed by atoms with van der Waals surface area (Å²) in [6, 6.07) is 0. The molecule has 0 bridgehead atoms. The Morgan fingerprint density at radius 3 is 2.69 bits per heavy atom. The Labute approximate surface area is 78.4 Å². The van der Waals surface area contributed by atoms with Crippen LogP contribution in [0.1, 0.15) is 6.92 Å². The van der Waals surface area contributed by atoms with E-state index in [-0.39, 0.29) is 0 Å². The van der Waals surface area contributed by atoms with Gasteiger partial charge in [0.15, 0.2) is 0 Å². The number of morpholine rings is 1. The predicted octanol–water partition coefficient (Wildman–Crippen LogP) is 0.900. The highest BCUT2D eigenvalue weighted by atomic mass is 16.5. The fourth-order valence-electron chi connectivity index (χ4n) is 1.19. The zero-order chi connectivity index (χ0) is 9.68. The maximum Gasteiger partial charge on any atom is 0.146 e. The van der Waals surface area contributed by atoms with Crippen LogP contribution in [0, 0.1) is 5.41 Å². The molecule has 0 aromatic rings. The lowest BCUT2D eigenvalue weighted by Crippen LogP contribution is -2.40. The third-order valence-corrected chi connectivity index (χ3v) is 1.89. The summed E-state index contributed by atoms with van der Waals surface area (Å²) in [4.78, 5) is 5.90. The summed E-state index contributed by atoms with van der Waals surface area (Å²) >= 11 is 0. The van der Waals surface area contributed by atoms with Crippen molar-refractivity contribution in [2.75, 3.05) is 26.3 Å². The smallest absolute Gasteiger partial charge is 0.146 e. The summed E-state index contributed by atoms with van der Waals surface area (Å²) in [6.07, 6.45) is 1.65. The third kappa shape index (κ3) is 2.66. The molecule has 4 heteroatoms. The predicted molar refractivity (Wildman–Crippen MR) is 53.4 cm³/mol. The molecule has 0 spiro atoms. The van der Waals surface area contributed by atoms with E-state index < -0.39 is 0 Å². The summed E-state index contributed by atoms with van der Waals surface area (Å²) in [5, 5.41) is 7.75. The number of nitrogens with one attached hydrogen (secondary N) is 1.